The molecule has 4 heteroatoms. The molecule has 4 N–H and O–H groups in total. The second kappa shape index (κ2) is 3.87. The van der Waals surface area contributed by atoms with Crippen molar-refractivity contribution in [3.63, 3.8) is 0 Å². The Morgan fingerprint density at radius 3 is 2.21 bits per heavy atom. The molecule has 2 aliphatic rings. The number of hydrogen-bond donors (Lipinski definition) is 3. The van der Waals surface area contributed by atoms with Gasteiger partial charge in [-0.1, -0.05) is 0 Å². The molecule has 80 valence electrons. The standard InChI is InChI=1S/C10H18N2O2/c11-12-10(14)8-2-6-1-7(3-8)5-9(13)4-6/h6-9,13H,1-5,11H2,(H,12,14). The van der Waals surface area contributed by atoms with E-state index in [0.717, 1.165) is 25.7 Å². The summed E-state index contributed by atoms with van der Waals surface area (Å²) < 4.78 is 0. The van der Waals surface area contributed by atoms with E-state index in [9.17, 15) is 9.90 Å². The third kappa shape index (κ3) is 1.91. The van der Waals surface area contributed by atoms with Crippen molar-refractivity contribution in [2.24, 2.45) is 23.6 Å². The summed E-state index contributed by atoms with van der Waals surface area (Å²) in [7, 11) is 0. The van der Waals surface area contributed by atoms with Crippen LogP contribution in [0.2, 0.25) is 0 Å². The molecule has 4 nitrogen and oxygen atoms in total. The largest absolute Gasteiger partial charge is 0.393 e. The second-order valence-electron chi connectivity index (χ2n) is 4.77. The fourth-order valence-corrected chi connectivity index (χ4v) is 3.15. The second-order valence-corrected chi connectivity index (χ2v) is 4.77. The third-order valence-corrected chi connectivity index (χ3v) is 3.63. The van der Waals surface area contributed by atoms with Crippen molar-refractivity contribution in [3.8, 4) is 0 Å². The summed E-state index contributed by atoms with van der Waals surface area (Å²) in [4.78, 5) is 11.4. The van der Waals surface area contributed by atoms with Gasteiger partial charge in [-0.25, -0.2) is 5.84 Å². The maximum Gasteiger partial charge on any atom is 0.237 e. The normalized spacial score (nSPS) is 41.9. The Labute approximate surface area is 83.8 Å². The number of nitrogens with one attached hydrogen (secondary N) is 1. The van der Waals surface area contributed by atoms with Gasteiger partial charge in [-0.2, -0.15) is 0 Å². The van der Waals surface area contributed by atoms with Gasteiger partial charge in [0.25, 0.3) is 0 Å². The minimum absolute atomic E-state index is 0.0314. The number of carbonyl (C=O) groups excluding carboxylic acids is 1. The van der Waals surface area contributed by atoms with E-state index in [0.29, 0.717) is 11.8 Å². The van der Waals surface area contributed by atoms with E-state index in [1.165, 1.54) is 6.42 Å². The van der Waals surface area contributed by atoms with Crippen LogP contribution < -0.4 is 11.3 Å². The maximum atomic E-state index is 11.4. The lowest BCUT2D eigenvalue weighted by molar-refractivity contribution is -0.128. The maximum absolute atomic E-state index is 11.4. The van der Waals surface area contributed by atoms with Crippen molar-refractivity contribution >= 4 is 5.91 Å². The van der Waals surface area contributed by atoms with Crippen molar-refractivity contribution < 1.29 is 9.90 Å². The van der Waals surface area contributed by atoms with Crippen molar-refractivity contribution in [1.29, 1.82) is 0 Å². The number of aliphatic hydroxyl groups is 1. The van der Waals surface area contributed by atoms with Gasteiger partial charge in [0.1, 0.15) is 0 Å². The fraction of sp³-hybridized carbons (Fsp3) is 0.900. The molecule has 2 atom stereocenters. The Hall–Kier alpha value is -0.610. The number of amides is 1. The number of rotatable bonds is 1. The van der Waals surface area contributed by atoms with Crippen LogP contribution in [0, 0.1) is 17.8 Å². The van der Waals surface area contributed by atoms with E-state index in [4.69, 9.17) is 5.84 Å². The smallest absolute Gasteiger partial charge is 0.237 e. The lowest BCUT2D eigenvalue weighted by atomic mass is 9.67. The van der Waals surface area contributed by atoms with Crippen LogP contribution in [0.3, 0.4) is 0 Å². The van der Waals surface area contributed by atoms with E-state index in [1.807, 2.05) is 0 Å². The molecule has 2 aliphatic carbocycles. The van der Waals surface area contributed by atoms with Gasteiger partial charge >= 0.3 is 0 Å². The zero-order valence-corrected chi connectivity index (χ0v) is 8.28. The van der Waals surface area contributed by atoms with Crippen molar-refractivity contribution in [1.82, 2.24) is 5.43 Å². The highest BCUT2D eigenvalue weighted by Gasteiger charge is 2.37. The monoisotopic (exact) mass is 198 g/mol. The molecule has 0 radical (unpaired) electrons. The van der Waals surface area contributed by atoms with Crippen molar-refractivity contribution in [2.45, 2.75) is 38.2 Å². The first-order valence-electron chi connectivity index (χ1n) is 5.37. The highest BCUT2D eigenvalue weighted by atomic mass is 16.3. The summed E-state index contributed by atoms with van der Waals surface area (Å²) in [6.45, 7) is 0. The zero-order chi connectivity index (χ0) is 10.1. The Kier molecular flexibility index (Phi) is 2.74. The van der Waals surface area contributed by atoms with Crippen LogP contribution in [0.4, 0.5) is 0 Å². The van der Waals surface area contributed by atoms with Crippen LogP contribution in [0.15, 0.2) is 0 Å². The van der Waals surface area contributed by atoms with Crippen molar-refractivity contribution in [3.05, 3.63) is 0 Å². The SMILES string of the molecule is NNC(=O)C1CC2CC(O)CC(C2)C1. The molecule has 0 aromatic heterocycles. The molecule has 14 heavy (non-hydrogen) atoms. The molecule has 2 unspecified atom stereocenters. The minimum Gasteiger partial charge on any atom is -0.393 e. The third-order valence-electron chi connectivity index (χ3n) is 3.63. The molecule has 2 rings (SSSR count). The van der Waals surface area contributed by atoms with Crippen LogP contribution in [-0.4, -0.2) is 17.1 Å². The van der Waals surface area contributed by atoms with Gasteiger partial charge in [0.2, 0.25) is 5.91 Å². The summed E-state index contributed by atoms with van der Waals surface area (Å²) >= 11 is 0. The number of carbonyl (C=O) groups is 1. The quantitative estimate of drug-likeness (QED) is 0.319. The summed E-state index contributed by atoms with van der Waals surface area (Å²) in [5.41, 5.74) is 2.23. The Morgan fingerprint density at radius 1 is 1.14 bits per heavy atom. The van der Waals surface area contributed by atoms with E-state index in [1.54, 1.807) is 0 Å². The van der Waals surface area contributed by atoms with Gasteiger partial charge in [-0.15, -0.1) is 0 Å². The molecular formula is C10H18N2O2. The molecule has 2 bridgehead atoms. The average molecular weight is 198 g/mol. The number of nitrogens with two attached hydrogens (primary N) is 1. The first-order valence-corrected chi connectivity index (χ1v) is 5.37. The number of fused-ring (bicyclic) bond motifs is 2. The predicted octanol–water partition coefficient (Wildman–Crippen LogP) is 0.163. The summed E-state index contributed by atoms with van der Waals surface area (Å²) in [6.07, 6.45) is 4.58. The van der Waals surface area contributed by atoms with Gasteiger partial charge in [0.05, 0.1) is 6.10 Å². The molecule has 0 heterocycles. The van der Waals surface area contributed by atoms with Crippen molar-refractivity contribution in [2.75, 3.05) is 0 Å². The molecule has 2 saturated carbocycles. The van der Waals surface area contributed by atoms with E-state index in [-0.39, 0.29) is 17.9 Å². The Morgan fingerprint density at radius 2 is 1.71 bits per heavy atom. The van der Waals surface area contributed by atoms with Gasteiger partial charge in [-0.3, -0.25) is 10.2 Å². The molecular weight excluding hydrogens is 180 g/mol. The van der Waals surface area contributed by atoms with Crippen LogP contribution in [0.1, 0.15) is 32.1 Å². The molecule has 1 amide bonds. The number of hydrogen-bond acceptors (Lipinski definition) is 3. The van der Waals surface area contributed by atoms with Gasteiger partial charge in [0.15, 0.2) is 0 Å². The van der Waals surface area contributed by atoms with E-state index in [2.05, 4.69) is 5.43 Å². The first-order chi connectivity index (χ1) is 6.69. The fourth-order valence-electron chi connectivity index (χ4n) is 3.15. The van der Waals surface area contributed by atoms with Crippen LogP contribution in [-0.2, 0) is 4.79 Å². The molecule has 0 aromatic carbocycles. The van der Waals surface area contributed by atoms with Crippen LogP contribution in [0.5, 0.6) is 0 Å². The van der Waals surface area contributed by atoms with Crippen LogP contribution in [0.25, 0.3) is 0 Å². The number of hydrazine groups is 1. The molecule has 0 aliphatic heterocycles. The minimum atomic E-state index is -0.138. The average Bonchev–Trinajstić information content (AvgIpc) is 2.14. The highest BCUT2D eigenvalue weighted by Crippen LogP contribution is 2.42. The molecule has 0 saturated heterocycles. The Bertz CT molecular complexity index is 214. The summed E-state index contributed by atoms with van der Waals surface area (Å²) in [5, 5.41) is 9.57. The van der Waals surface area contributed by atoms with Gasteiger partial charge < -0.3 is 5.11 Å². The van der Waals surface area contributed by atoms with E-state index >= 15 is 0 Å². The van der Waals surface area contributed by atoms with Gasteiger partial charge in [-0.05, 0) is 43.9 Å². The first kappa shape index (κ1) is 9.93. The summed E-state index contributed by atoms with van der Waals surface area (Å²) in [5.74, 6) is 6.24. The topological polar surface area (TPSA) is 75.3 Å². The lowest BCUT2D eigenvalue weighted by Crippen LogP contribution is -2.42. The van der Waals surface area contributed by atoms with E-state index < -0.39 is 0 Å². The zero-order valence-electron chi connectivity index (χ0n) is 8.28. The summed E-state index contributed by atoms with van der Waals surface area (Å²) in [6, 6.07) is 0. The van der Waals surface area contributed by atoms with Crippen LogP contribution >= 0.6 is 0 Å². The predicted molar refractivity (Wildman–Crippen MR) is 51.9 cm³/mol. The molecule has 0 aromatic rings. The van der Waals surface area contributed by atoms with Gasteiger partial charge in [0, 0.05) is 5.92 Å². The highest BCUT2D eigenvalue weighted by molar-refractivity contribution is 5.78. The Balaban J connectivity index is 1.98. The molecule has 0 spiro atoms. The lowest BCUT2D eigenvalue weighted by Gasteiger charge is -2.40. The number of aliphatic hydroxyl groups excluding tert-OH is 1. The molecule has 2 fully saturated rings.